The minimum absolute atomic E-state index is 0.0243. The number of nitrogens with one attached hydrogen (secondary N) is 1. The van der Waals surface area contributed by atoms with Gasteiger partial charge >= 0.3 is 12.1 Å². The average molecular weight is 483 g/mol. The first kappa shape index (κ1) is 24.1. The second-order valence-electron chi connectivity index (χ2n) is 9.11. The van der Waals surface area contributed by atoms with E-state index < -0.39 is 24.1 Å². The third-order valence-corrected chi connectivity index (χ3v) is 7.86. The zero-order chi connectivity index (χ0) is 24.4. The Kier molecular flexibility index (Phi) is 7.16. The van der Waals surface area contributed by atoms with Crippen molar-refractivity contribution in [2.45, 2.75) is 50.6 Å². The van der Waals surface area contributed by atoms with Crippen LogP contribution in [0.15, 0.2) is 48.5 Å². The standard InChI is InChI=1S/C26H30N2O5S/c1-15(2)22(12-24(29)28-16(3)34-14-23(28)25(30)31)27-26(32)33-13-21-19-10-6-4-8-17(19)18-9-5-7-11-20(18)21/h4-11,15-16,21-23H,12-14H2,1-3H3,(H,27,32)(H,30,31)/t16?,22-,23?/m0/s1. The predicted molar refractivity (Wildman–Crippen MR) is 132 cm³/mol. The first-order valence-corrected chi connectivity index (χ1v) is 12.6. The van der Waals surface area contributed by atoms with Crippen molar-refractivity contribution < 1.29 is 24.2 Å². The number of aliphatic carboxylic acids is 1. The Morgan fingerprint density at radius 2 is 1.68 bits per heavy atom. The Morgan fingerprint density at radius 1 is 1.09 bits per heavy atom. The number of carboxylic acid groups (broad SMARTS) is 1. The molecule has 0 aromatic heterocycles. The molecule has 1 heterocycles. The monoisotopic (exact) mass is 482 g/mol. The number of hydrogen-bond acceptors (Lipinski definition) is 5. The van der Waals surface area contributed by atoms with Gasteiger partial charge in [0.1, 0.15) is 12.6 Å². The molecule has 1 fully saturated rings. The third kappa shape index (κ3) is 4.78. The molecule has 0 saturated carbocycles. The minimum Gasteiger partial charge on any atom is -0.480 e. The number of hydrogen-bond donors (Lipinski definition) is 2. The summed E-state index contributed by atoms with van der Waals surface area (Å²) >= 11 is 1.44. The molecule has 2 aliphatic rings. The lowest BCUT2D eigenvalue weighted by Crippen LogP contribution is -2.48. The van der Waals surface area contributed by atoms with Crippen molar-refractivity contribution in [1.82, 2.24) is 10.2 Å². The molecule has 0 bridgehead atoms. The SMILES string of the molecule is CC(C)[C@H](CC(=O)N1C(C)SCC1C(=O)O)NC(=O)OCC1c2ccccc2-c2ccccc21. The number of benzene rings is 2. The molecule has 34 heavy (non-hydrogen) atoms. The Morgan fingerprint density at radius 3 is 2.24 bits per heavy atom. The number of rotatable bonds is 7. The lowest BCUT2D eigenvalue weighted by molar-refractivity contribution is -0.149. The Bertz CT molecular complexity index is 1040. The van der Waals surface area contributed by atoms with E-state index in [9.17, 15) is 19.5 Å². The van der Waals surface area contributed by atoms with Crippen LogP contribution in [0.2, 0.25) is 0 Å². The molecule has 2 unspecified atom stereocenters. The predicted octanol–water partition coefficient (Wildman–Crippen LogP) is 4.31. The van der Waals surface area contributed by atoms with Gasteiger partial charge in [-0.05, 0) is 35.1 Å². The van der Waals surface area contributed by atoms with E-state index in [0.29, 0.717) is 5.75 Å². The summed E-state index contributed by atoms with van der Waals surface area (Å²) in [6.07, 6.45) is -0.553. The summed E-state index contributed by atoms with van der Waals surface area (Å²) in [7, 11) is 0. The van der Waals surface area contributed by atoms with Crippen molar-refractivity contribution in [2.24, 2.45) is 5.92 Å². The van der Waals surface area contributed by atoms with E-state index in [0.717, 1.165) is 22.3 Å². The zero-order valence-corrected chi connectivity index (χ0v) is 20.4. The van der Waals surface area contributed by atoms with Gasteiger partial charge < -0.3 is 20.1 Å². The largest absolute Gasteiger partial charge is 0.480 e. The fraction of sp³-hybridized carbons (Fsp3) is 0.423. The first-order chi connectivity index (χ1) is 16.3. The number of ether oxygens (including phenoxy) is 1. The molecule has 8 heteroatoms. The second kappa shape index (κ2) is 10.1. The molecule has 180 valence electrons. The summed E-state index contributed by atoms with van der Waals surface area (Å²) in [4.78, 5) is 38.7. The topological polar surface area (TPSA) is 95.9 Å². The van der Waals surface area contributed by atoms with Crippen LogP contribution in [0.3, 0.4) is 0 Å². The van der Waals surface area contributed by atoms with Gasteiger partial charge in [-0.15, -0.1) is 11.8 Å². The molecule has 2 aromatic carbocycles. The number of carbonyl (C=O) groups excluding carboxylic acids is 2. The van der Waals surface area contributed by atoms with Crippen LogP contribution in [0.4, 0.5) is 4.79 Å². The fourth-order valence-corrected chi connectivity index (χ4v) is 5.94. The molecule has 1 aliphatic heterocycles. The van der Waals surface area contributed by atoms with E-state index in [-0.39, 0.29) is 36.1 Å². The quantitative estimate of drug-likeness (QED) is 0.610. The maximum absolute atomic E-state index is 13.0. The Balaban J connectivity index is 1.40. The van der Waals surface area contributed by atoms with Gasteiger partial charge in [0.05, 0.1) is 5.37 Å². The number of thioether (sulfide) groups is 1. The molecule has 0 radical (unpaired) electrons. The van der Waals surface area contributed by atoms with Crippen molar-refractivity contribution in [3.05, 3.63) is 59.7 Å². The van der Waals surface area contributed by atoms with E-state index in [2.05, 4.69) is 29.6 Å². The van der Waals surface area contributed by atoms with Gasteiger partial charge in [0.25, 0.3) is 0 Å². The summed E-state index contributed by atoms with van der Waals surface area (Å²) in [6, 6.07) is 15.0. The van der Waals surface area contributed by atoms with Gasteiger partial charge in [-0.3, -0.25) is 4.79 Å². The van der Waals surface area contributed by atoms with Gasteiger partial charge in [0.15, 0.2) is 0 Å². The second-order valence-corrected chi connectivity index (χ2v) is 10.5. The van der Waals surface area contributed by atoms with Crippen molar-refractivity contribution in [1.29, 1.82) is 0 Å². The highest BCUT2D eigenvalue weighted by Crippen LogP contribution is 2.44. The zero-order valence-electron chi connectivity index (χ0n) is 19.6. The number of carbonyl (C=O) groups is 3. The van der Waals surface area contributed by atoms with Gasteiger partial charge in [0, 0.05) is 24.1 Å². The van der Waals surface area contributed by atoms with Gasteiger partial charge in [-0.1, -0.05) is 62.4 Å². The molecule has 2 aromatic rings. The fourth-order valence-electron chi connectivity index (χ4n) is 4.75. The minimum atomic E-state index is -1.00. The molecule has 4 rings (SSSR count). The molecular formula is C26H30N2O5S. The molecule has 0 spiro atoms. The van der Waals surface area contributed by atoms with Crippen LogP contribution in [-0.4, -0.2) is 57.8 Å². The number of alkyl carbamates (subject to hydrolysis) is 1. The van der Waals surface area contributed by atoms with Crippen molar-refractivity contribution in [3.8, 4) is 11.1 Å². The summed E-state index contributed by atoms with van der Waals surface area (Å²) in [5.41, 5.74) is 4.58. The van der Waals surface area contributed by atoms with Crippen LogP contribution in [0.5, 0.6) is 0 Å². The molecule has 1 aliphatic carbocycles. The number of nitrogens with zero attached hydrogens (tertiary/aromatic N) is 1. The molecule has 7 nitrogen and oxygen atoms in total. The van der Waals surface area contributed by atoms with E-state index in [1.54, 1.807) is 0 Å². The summed E-state index contributed by atoms with van der Waals surface area (Å²) < 4.78 is 5.63. The van der Waals surface area contributed by atoms with E-state index >= 15 is 0 Å². The van der Waals surface area contributed by atoms with Crippen LogP contribution < -0.4 is 5.32 Å². The Hall–Kier alpha value is -3.00. The van der Waals surface area contributed by atoms with Crippen LogP contribution in [0, 0.1) is 5.92 Å². The first-order valence-electron chi connectivity index (χ1n) is 11.5. The molecule has 2 amide bonds. The normalized spacial score (nSPS) is 20.1. The average Bonchev–Trinajstić information content (AvgIpc) is 3.35. The van der Waals surface area contributed by atoms with E-state index in [1.165, 1.54) is 16.7 Å². The highest BCUT2D eigenvalue weighted by atomic mass is 32.2. The van der Waals surface area contributed by atoms with Crippen LogP contribution in [-0.2, 0) is 14.3 Å². The third-order valence-electron chi connectivity index (χ3n) is 6.64. The van der Waals surface area contributed by atoms with Crippen molar-refractivity contribution in [3.63, 3.8) is 0 Å². The highest BCUT2D eigenvalue weighted by Gasteiger charge is 2.40. The smallest absolute Gasteiger partial charge is 0.407 e. The van der Waals surface area contributed by atoms with Gasteiger partial charge in [0.2, 0.25) is 5.91 Å². The van der Waals surface area contributed by atoms with E-state index in [1.807, 2.05) is 45.0 Å². The Labute approximate surface area is 203 Å². The summed E-state index contributed by atoms with van der Waals surface area (Å²) in [6.45, 7) is 5.85. The molecule has 1 saturated heterocycles. The van der Waals surface area contributed by atoms with Crippen LogP contribution in [0.1, 0.15) is 44.2 Å². The lowest BCUT2D eigenvalue weighted by atomic mass is 9.98. The number of amides is 2. The number of carboxylic acids is 1. The maximum atomic E-state index is 13.0. The van der Waals surface area contributed by atoms with Crippen LogP contribution >= 0.6 is 11.8 Å². The van der Waals surface area contributed by atoms with Crippen molar-refractivity contribution >= 4 is 29.7 Å². The lowest BCUT2D eigenvalue weighted by Gasteiger charge is -2.29. The number of fused-ring (bicyclic) bond motifs is 3. The summed E-state index contributed by atoms with van der Waals surface area (Å²) in [5, 5.41) is 12.1. The van der Waals surface area contributed by atoms with Crippen LogP contribution in [0.25, 0.3) is 11.1 Å². The van der Waals surface area contributed by atoms with Gasteiger partial charge in [-0.25, -0.2) is 9.59 Å². The van der Waals surface area contributed by atoms with E-state index in [4.69, 9.17) is 4.74 Å². The summed E-state index contributed by atoms with van der Waals surface area (Å²) in [5.74, 6) is -0.985. The maximum Gasteiger partial charge on any atom is 0.407 e. The van der Waals surface area contributed by atoms with Crippen molar-refractivity contribution in [2.75, 3.05) is 12.4 Å². The molecular weight excluding hydrogens is 452 g/mol. The molecule has 2 N–H and O–H groups in total. The highest BCUT2D eigenvalue weighted by molar-refractivity contribution is 8.00. The van der Waals surface area contributed by atoms with Gasteiger partial charge in [-0.2, -0.15) is 0 Å². The molecule has 3 atom stereocenters.